The predicted octanol–water partition coefficient (Wildman–Crippen LogP) is 3.83. The number of nitrogens with zero attached hydrogens (tertiary/aromatic N) is 2. The Kier molecular flexibility index (Phi) is 14.0. The lowest BCUT2D eigenvalue weighted by Gasteiger charge is -2.51. The Balaban J connectivity index is 1.78. The highest BCUT2D eigenvalue weighted by atomic mass is 16.5. The van der Waals surface area contributed by atoms with Crippen LogP contribution in [-0.2, 0) is 20.8 Å². The van der Waals surface area contributed by atoms with E-state index in [9.17, 15) is 29.5 Å². The number of hydroxylamine groups is 2. The SMILES string of the molecule is CC(C)C[C@@H](/C=C/[C@H](Cc1ccccc1)C(=O)N1CCC[C@H]1C(=O)N[C@@H](CCCN)C(=O)NC1CC(C)(C)N(O)C(C)(C)C1)NC(=O)O. The van der Waals surface area contributed by atoms with Crippen molar-refractivity contribution >= 4 is 23.8 Å². The molecule has 0 spiro atoms. The molecule has 7 N–H and O–H groups in total. The lowest BCUT2D eigenvalue weighted by atomic mass is 9.79. The van der Waals surface area contributed by atoms with Crippen LogP contribution in [-0.4, -0.2) is 92.4 Å². The summed E-state index contributed by atoms with van der Waals surface area (Å²) in [6.45, 7) is 12.5. The number of carbonyl (C=O) groups excluding carboxylic acids is 3. The van der Waals surface area contributed by atoms with Crippen molar-refractivity contribution in [3.8, 4) is 0 Å². The standard InChI is InChI=1S/C36H58N6O6/c1-24(2)20-27(39-34(46)47)17-16-26(21-25-12-8-7-9-13-25)33(45)41-19-11-15-30(41)32(44)40-29(14-10-18-37)31(43)38-28-22-35(3,4)42(48)36(5,6)23-28/h7-9,12-13,16-17,24,26-30,39,48H,10-11,14-15,18-23,37H2,1-6H3,(H,38,43)(H,40,44)(H,46,47)/b17-16+/t26-,27-,29+,30+/m1/s1. The molecule has 48 heavy (non-hydrogen) atoms. The van der Waals surface area contributed by atoms with Gasteiger partial charge < -0.3 is 36.9 Å². The number of nitrogens with one attached hydrogen (secondary N) is 3. The molecule has 2 aliphatic heterocycles. The van der Waals surface area contributed by atoms with Crippen LogP contribution >= 0.6 is 0 Å². The highest BCUT2D eigenvalue weighted by Gasteiger charge is 2.46. The monoisotopic (exact) mass is 670 g/mol. The fourth-order valence-corrected chi connectivity index (χ4v) is 7.28. The third kappa shape index (κ3) is 11.0. The average molecular weight is 671 g/mol. The lowest BCUT2D eigenvalue weighted by Crippen LogP contribution is -2.64. The summed E-state index contributed by atoms with van der Waals surface area (Å²) in [5.41, 5.74) is 5.63. The minimum absolute atomic E-state index is 0.201. The Labute approximate surface area is 285 Å². The van der Waals surface area contributed by atoms with Gasteiger partial charge in [0, 0.05) is 23.7 Å². The molecular formula is C36H58N6O6. The summed E-state index contributed by atoms with van der Waals surface area (Å²) in [7, 11) is 0. The van der Waals surface area contributed by atoms with Gasteiger partial charge in [0.25, 0.3) is 0 Å². The van der Waals surface area contributed by atoms with Crippen molar-refractivity contribution in [2.45, 2.75) is 128 Å². The van der Waals surface area contributed by atoms with Crippen LogP contribution in [0.2, 0.25) is 0 Å². The molecule has 2 saturated heterocycles. The highest BCUT2D eigenvalue weighted by molar-refractivity contribution is 5.93. The van der Waals surface area contributed by atoms with Crippen molar-refractivity contribution in [3.05, 3.63) is 48.0 Å². The summed E-state index contributed by atoms with van der Waals surface area (Å²) < 4.78 is 0. The van der Waals surface area contributed by atoms with E-state index in [1.807, 2.05) is 71.9 Å². The number of piperidine rings is 1. The van der Waals surface area contributed by atoms with Crippen LogP contribution in [0.3, 0.4) is 0 Å². The highest BCUT2D eigenvalue weighted by Crippen LogP contribution is 2.36. The van der Waals surface area contributed by atoms with Crippen LogP contribution in [0, 0.1) is 11.8 Å². The number of nitrogens with two attached hydrogens (primary N) is 1. The molecule has 4 amide bonds. The van der Waals surface area contributed by atoms with Crippen LogP contribution in [0.1, 0.15) is 92.1 Å². The van der Waals surface area contributed by atoms with Gasteiger partial charge in [0.15, 0.2) is 0 Å². The Morgan fingerprint density at radius 2 is 1.67 bits per heavy atom. The van der Waals surface area contributed by atoms with Crippen LogP contribution in [0.5, 0.6) is 0 Å². The van der Waals surface area contributed by atoms with E-state index in [0.29, 0.717) is 64.5 Å². The van der Waals surface area contributed by atoms with Crippen molar-refractivity contribution in [1.29, 1.82) is 0 Å². The van der Waals surface area contributed by atoms with Gasteiger partial charge >= 0.3 is 6.09 Å². The quantitative estimate of drug-likeness (QED) is 0.153. The number of hydrogen-bond donors (Lipinski definition) is 6. The molecule has 12 nitrogen and oxygen atoms in total. The second kappa shape index (κ2) is 17.3. The Morgan fingerprint density at radius 1 is 1.02 bits per heavy atom. The van der Waals surface area contributed by atoms with Crippen LogP contribution in [0.15, 0.2) is 42.5 Å². The lowest BCUT2D eigenvalue weighted by molar-refractivity contribution is -0.246. The molecule has 0 aliphatic carbocycles. The van der Waals surface area contributed by atoms with E-state index in [4.69, 9.17) is 5.73 Å². The number of amides is 4. The van der Waals surface area contributed by atoms with E-state index in [1.165, 1.54) is 5.06 Å². The Hall–Kier alpha value is -3.48. The maximum atomic E-state index is 14.2. The molecule has 2 fully saturated rings. The second-order valence-electron chi connectivity index (χ2n) is 15.1. The van der Waals surface area contributed by atoms with E-state index in [0.717, 1.165) is 5.56 Å². The summed E-state index contributed by atoms with van der Waals surface area (Å²) in [4.78, 5) is 54.7. The van der Waals surface area contributed by atoms with Gasteiger partial charge in [-0.1, -0.05) is 56.3 Å². The number of carbonyl (C=O) groups is 4. The smallest absolute Gasteiger partial charge is 0.405 e. The molecule has 0 radical (unpaired) electrons. The fraction of sp³-hybridized carbons (Fsp3) is 0.667. The first-order chi connectivity index (χ1) is 22.5. The number of benzene rings is 1. The van der Waals surface area contributed by atoms with Gasteiger partial charge in [0.2, 0.25) is 17.7 Å². The molecule has 0 aromatic heterocycles. The van der Waals surface area contributed by atoms with Crippen LogP contribution in [0.4, 0.5) is 4.79 Å². The number of carboxylic acid groups (broad SMARTS) is 1. The van der Waals surface area contributed by atoms with E-state index in [1.54, 1.807) is 17.1 Å². The average Bonchev–Trinajstić information content (AvgIpc) is 3.49. The molecule has 2 heterocycles. The van der Waals surface area contributed by atoms with E-state index in [-0.39, 0.29) is 29.7 Å². The topological polar surface area (TPSA) is 177 Å². The summed E-state index contributed by atoms with van der Waals surface area (Å²) in [5.74, 6) is -1.29. The fourth-order valence-electron chi connectivity index (χ4n) is 7.28. The molecule has 3 rings (SSSR count). The molecule has 2 aliphatic rings. The second-order valence-corrected chi connectivity index (χ2v) is 15.1. The van der Waals surface area contributed by atoms with Gasteiger partial charge in [-0.25, -0.2) is 4.79 Å². The van der Waals surface area contributed by atoms with E-state index in [2.05, 4.69) is 16.0 Å². The normalized spacial score (nSPS) is 21.5. The molecule has 4 atom stereocenters. The first kappa shape index (κ1) is 39.0. The maximum Gasteiger partial charge on any atom is 0.405 e. The zero-order valence-corrected chi connectivity index (χ0v) is 29.6. The maximum absolute atomic E-state index is 14.2. The van der Waals surface area contributed by atoms with Crippen molar-refractivity contribution in [1.82, 2.24) is 25.9 Å². The summed E-state index contributed by atoms with van der Waals surface area (Å²) in [5, 5.41) is 30.0. The van der Waals surface area contributed by atoms with Gasteiger partial charge in [-0.3, -0.25) is 14.4 Å². The van der Waals surface area contributed by atoms with Crippen molar-refractivity contribution < 1.29 is 29.5 Å². The third-order valence-corrected chi connectivity index (χ3v) is 9.38. The first-order valence-electron chi connectivity index (χ1n) is 17.4. The molecule has 0 saturated carbocycles. The molecule has 0 bridgehead atoms. The van der Waals surface area contributed by atoms with Gasteiger partial charge in [-0.05, 0) is 97.1 Å². The minimum Gasteiger partial charge on any atom is -0.465 e. The minimum atomic E-state index is -1.13. The molecule has 268 valence electrons. The van der Waals surface area contributed by atoms with Gasteiger partial charge in [0.05, 0.1) is 12.0 Å². The number of hydrogen-bond acceptors (Lipinski definition) is 7. The first-order valence-corrected chi connectivity index (χ1v) is 17.4. The Bertz CT molecular complexity index is 1250. The zero-order chi connectivity index (χ0) is 35.6. The van der Waals surface area contributed by atoms with Crippen LogP contribution in [0.25, 0.3) is 0 Å². The predicted molar refractivity (Wildman–Crippen MR) is 185 cm³/mol. The molecule has 1 aromatic carbocycles. The van der Waals surface area contributed by atoms with Gasteiger partial charge in [-0.15, -0.1) is 0 Å². The summed E-state index contributed by atoms with van der Waals surface area (Å²) in [6.07, 6.45) is 6.43. The van der Waals surface area contributed by atoms with Gasteiger partial charge in [0.1, 0.15) is 12.1 Å². The summed E-state index contributed by atoms with van der Waals surface area (Å²) >= 11 is 0. The Morgan fingerprint density at radius 3 is 2.25 bits per heavy atom. The van der Waals surface area contributed by atoms with Crippen LogP contribution < -0.4 is 21.7 Å². The molecule has 1 aromatic rings. The van der Waals surface area contributed by atoms with Crippen molar-refractivity contribution in [2.24, 2.45) is 17.6 Å². The molecule has 12 heteroatoms. The number of rotatable bonds is 15. The van der Waals surface area contributed by atoms with Crippen molar-refractivity contribution in [3.63, 3.8) is 0 Å². The third-order valence-electron chi connectivity index (χ3n) is 9.38. The van der Waals surface area contributed by atoms with E-state index >= 15 is 0 Å². The van der Waals surface area contributed by atoms with Crippen molar-refractivity contribution in [2.75, 3.05) is 13.1 Å². The number of likely N-dealkylation sites (tertiary alicyclic amines) is 1. The molecule has 0 unspecified atom stereocenters. The summed E-state index contributed by atoms with van der Waals surface area (Å²) in [6, 6.07) is 7.37. The zero-order valence-electron chi connectivity index (χ0n) is 29.6. The van der Waals surface area contributed by atoms with E-state index < -0.39 is 41.2 Å². The molecular weight excluding hydrogens is 612 g/mol. The largest absolute Gasteiger partial charge is 0.465 e. The van der Waals surface area contributed by atoms with Gasteiger partial charge in [-0.2, -0.15) is 5.06 Å².